The van der Waals surface area contributed by atoms with Crippen LogP contribution in [-0.4, -0.2) is 23.3 Å². The summed E-state index contributed by atoms with van der Waals surface area (Å²) in [4.78, 5) is 4.03. The Hall–Kier alpha value is -0.935. The van der Waals surface area contributed by atoms with Crippen LogP contribution in [0.4, 0.5) is 4.39 Å². The van der Waals surface area contributed by atoms with Crippen molar-refractivity contribution in [2.75, 3.05) is 0 Å². The van der Waals surface area contributed by atoms with E-state index < -0.39 is 18.3 Å². The molecule has 0 aliphatic carbocycles. The molecule has 0 radical (unpaired) electrons. The van der Waals surface area contributed by atoms with Crippen molar-refractivity contribution in [3.63, 3.8) is 0 Å². The van der Waals surface area contributed by atoms with Crippen molar-refractivity contribution in [2.24, 2.45) is 0 Å². The Bertz CT molecular complexity index is 432. The minimum Gasteiger partial charge on any atom is -0.398 e. The van der Waals surface area contributed by atoms with E-state index in [1.165, 1.54) is 6.20 Å². The van der Waals surface area contributed by atoms with E-state index in [0.29, 0.717) is 11.2 Å². The van der Waals surface area contributed by atoms with Gasteiger partial charge < -0.3 is 9.31 Å². The predicted octanol–water partition coefficient (Wildman–Crippen LogP) is 1.83. The third-order valence-electron chi connectivity index (χ3n) is 3.56. The fourth-order valence-electron chi connectivity index (χ4n) is 1.65. The molecule has 3 nitrogen and oxygen atoms in total. The lowest BCUT2D eigenvalue weighted by atomic mass is 9.83. The molecule has 0 unspecified atom stereocenters. The van der Waals surface area contributed by atoms with Crippen LogP contribution >= 0.6 is 0 Å². The summed E-state index contributed by atoms with van der Waals surface area (Å²) in [7, 11) is -0.528. The Morgan fingerprint density at radius 2 is 1.71 bits per heavy atom. The molecule has 0 saturated carbocycles. The van der Waals surface area contributed by atoms with Gasteiger partial charge in [-0.25, -0.2) is 4.39 Å². The monoisotopic (exact) mass is 237 g/mol. The quantitative estimate of drug-likeness (QED) is 0.698. The van der Waals surface area contributed by atoms with E-state index in [1.54, 1.807) is 13.0 Å². The fourth-order valence-corrected chi connectivity index (χ4v) is 1.65. The van der Waals surface area contributed by atoms with Crippen LogP contribution in [0, 0.1) is 12.7 Å². The van der Waals surface area contributed by atoms with Crippen LogP contribution in [0.15, 0.2) is 12.3 Å². The molecular formula is C12H17BFNO2. The Balaban J connectivity index is 2.29. The smallest absolute Gasteiger partial charge is 0.398 e. The second-order valence-electron chi connectivity index (χ2n) is 5.45. The first-order chi connectivity index (χ1) is 7.73. The summed E-state index contributed by atoms with van der Waals surface area (Å²) in [5, 5.41) is 0. The molecule has 2 heterocycles. The Morgan fingerprint density at radius 1 is 1.18 bits per heavy atom. The maximum absolute atomic E-state index is 13.1. The van der Waals surface area contributed by atoms with Gasteiger partial charge in [0.25, 0.3) is 0 Å². The highest BCUT2D eigenvalue weighted by Crippen LogP contribution is 2.36. The highest BCUT2D eigenvalue weighted by atomic mass is 19.1. The molecule has 17 heavy (non-hydrogen) atoms. The standard InChI is InChI=1S/C12H17BFNO2/c1-8-6-10(15-7-9(8)14)13-16-11(2,3)12(4,5)17-13/h6-7H,1-5H3. The van der Waals surface area contributed by atoms with Gasteiger partial charge in [0.15, 0.2) is 0 Å². The summed E-state index contributed by atoms with van der Waals surface area (Å²) in [5.74, 6) is -0.315. The summed E-state index contributed by atoms with van der Waals surface area (Å²) in [6.45, 7) is 9.60. The molecule has 0 spiro atoms. The van der Waals surface area contributed by atoms with Gasteiger partial charge >= 0.3 is 7.12 Å². The van der Waals surface area contributed by atoms with E-state index in [-0.39, 0.29) is 5.82 Å². The molecule has 0 N–H and O–H groups in total. The summed E-state index contributed by atoms with van der Waals surface area (Å²) >= 11 is 0. The molecule has 0 bridgehead atoms. The summed E-state index contributed by atoms with van der Waals surface area (Å²) in [6.07, 6.45) is 1.20. The number of hydrogen-bond donors (Lipinski definition) is 0. The van der Waals surface area contributed by atoms with Crippen LogP contribution in [0.3, 0.4) is 0 Å². The van der Waals surface area contributed by atoms with Crippen LogP contribution in [-0.2, 0) is 9.31 Å². The summed E-state index contributed by atoms with van der Waals surface area (Å²) in [6, 6.07) is 1.66. The van der Waals surface area contributed by atoms with Crippen molar-refractivity contribution >= 4 is 12.7 Å². The van der Waals surface area contributed by atoms with E-state index in [2.05, 4.69) is 4.98 Å². The number of rotatable bonds is 1. The molecule has 0 amide bonds. The molecule has 0 atom stereocenters. The van der Waals surface area contributed by atoms with Crippen molar-refractivity contribution < 1.29 is 13.7 Å². The van der Waals surface area contributed by atoms with E-state index in [9.17, 15) is 4.39 Å². The van der Waals surface area contributed by atoms with Gasteiger partial charge in [0.1, 0.15) is 5.82 Å². The maximum atomic E-state index is 13.1. The SMILES string of the molecule is Cc1cc(B2OC(C)(C)C(C)(C)O2)ncc1F. The van der Waals surface area contributed by atoms with Crippen molar-refractivity contribution in [1.29, 1.82) is 0 Å². The van der Waals surface area contributed by atoms with Crippen LogP contribution in [0.5, 0.6) is 0 Å². The van der Waals surface area contributed by atoms with Crippen molar-refractivity contribution in [3.05, 3.63) is 23.6 Å². The van der Waals surface area contributed by atoms with Gasteiger partial charge in [-0.3, -0.25) is 4.98 Å². The zero-order chi connectivity index (χ0) is 12.8. The van der Waals surface area contributed by atoms with Gasteiger partial charge in [0.05, 0.1) is 23.0 Å². The molecule has 1 fully saturated rings. The molecule has 1 aliphatic rings. The number of halogens is 1. The van der Waals surface area contributed by atoms with Gasteiger partial charge in [-0.1, -0.05) is 0 Å². The van der Waals surface area contributed by atoms with Crippen LogP contribution < -0.4 is 5.59 Å². The molecule has 1 saturated heterocycles. The lowest BCUT2D eigenvalue weighted by molar-refractivity contribution is 0.00578. The molecule has 1 aliphatic heterocycles. The zero-order valence-electron chi connectivity index (χ0n) is 10.9. The van der Waals surface area contributed by atoms with Crippen molar-refractivity contribution in [3.8, 4) is 0 Å². The lowest BCUT2D eigenvalue weighted by Gasteiger charge is -2.32. The van der Waals surface area contributed by atoms with Gasteiger partial charge in [0.2, 0.25) is 0 Å². The second kappa shape index (κ2) is 3.78. The molecule has 0 aromatic carbocycles. The molecular weight excluding hydrogens is 220 g/mol. The van der Waals surface area contributed by atoms with Crippen molar-refractivity contribution in [2.45, 2.75) is 45.8 Å². The topological polar surface area (TPSA) is 31.4 Å². The van der Waals surface area contributed by atoms with E-state index in [1.807, 2.05) is 27.7 Å². The first-order valence-corrected chi connectivity index (χ1v) is 5.71. The number of pyridine rings is 1. The van der Waals surface area contributed by atoms with Gasteiger partial charge in [-0.2, -0.15) is 0 Å². The molecule has 1 aromatic heterocycles. The highest BCUT2D eigenvalue weighted by molar-refractivity contribution is 6.61. The third-order valence-corrected chi connectivity index (χ3v) is 3.56. The molecule has 2 rings (SSSR count). The highest BCUT2D eigenvalue weighted by Gasteiger charge is 2.52. The Kier molecular flexibility index (Phi) is 2.79. The fraction of sp³-hybridized carbons (Fsp3) is 0.583. The first-order valence-electron chi connectivity index (χ1n) is 5.71. The normalized spacial score (nSPS) is 21.9. The minimum atomic E-state index is -0.528. The average molecular weight is 237 g/mol. The van der Waals surface area contributed by atoms with E-state index in [4.69, 9.17) is 9.31 Å². The summed E-state index contributed by atoms with van der Waals surface area (Å²) < 4.78 is 24.8. The minimum absolute atomic E-state index is 0.315. The molecule has 92 valence electrons. The van der Waals surface area contributed by atoms with Crippen LogP contribution in [0.25, 0.3) is 0 Å². The van der Waals surface area contributed by atoms with E-state index in [0.717, 1.165) is 0 Å². The first kappa shape index (κ1) is 12.5. The van der Waals surface area contributed by atoms with Gasteiger partial charge in [-0.15, -0.1) is 0 Å². The Morgan fingerprint density at radius 3 is 2.18 bits per heavy atom. The molecule has 1 aromatic rings. The number of aromatic nitrogens is 1. The number of hydrogen-bond acceptors (Lipinski definition) is 3. The van der Waals surface area contributed by atoms with Gasteiger partial charge in [-0.05, 0) is 46.2 Å². The van der Waals surface area contributed by atoms with Gasteiger partial charge in [0, 0.05) is 0 Å². The zero-order valence-corrected chi connectivity index (χ0v) is 10.9. The predicted molar refractivity (Wildman–Crippen MR) is 64.6 cm³/mol. The van der Waals surface area contributed by atoms with E-state index >= 15 is 0 Å². The second-order valence-corrected chi connectivity index (χ2v) is 5.45. The molecule has 5 heteroatoms. The van der Waals surface area contributed by atoms with Crippen molar-refractivity contribution in [1.82, 2.24) is 4.98 Å². The van der Waals surface area contributed by atoms with Crippen LogP contribution in [0.1, 0.15) is 33.3 Å². The average Bonchev–Trinajstić information content (AvgIpc) is 2.41. The lowest BCUT2D eigenvalue weighted by Crippen LogP contribution is -2.41. The number of aryl methyl sites for hydroxylation is 1. The van der Waals surface area contributed by atoms with Crippen LogP contribution in [0.2, 0.25) is 0 Å². The Labute approximate surface area is 101 Å². The largest absolute Gasteiger partial charge is 0.514 e. The number of nitrogens with zero attached hydrogens (tertiary/aromatic N) is 1. The third kappa shape index (κ3) is 2.09. The summed E-state index contributed by atoms with van der Waals surface area (Å²) in [5.41, 5.74) is 0.357. The maximum Gasteiger partial charge on any atom is 0.514 e.